The number of esters is 4. The lowest BCUT2D eigenvalue weighted by molar-refractivity contribution is -0.161. The van der Waals surface area contributed by atoms with Gasteiger partial charge in [-0.2, -0.15) is 0 Å². The highest BCUT2D eigenvalue weighted by Crippen LogP contribution is 2.45. The predicted octanol–water partition coefficient (Wildman–Crippen LogP) is 21.8. The van der Waals surface area contributed by atoms with Gasteiger partial charge >= 0.3 is 39.5 Å². The number of unbranched alkanes of at least 4 members (excludes halogenated alkanes) is 27. The molecule has 0 bridgehead atoms. The average molecular weight is 1420 g/mol. The van der Waals surface area contributed by atoms with Crippen LogP contribution in [0.25, 0.3) is 0 Å². The molecular formula is C79H136O17P2. The minimum Gasteiger partial charge on any atom is -0.462 e. The second-order valence-corrected chi connectivity index (χ2v) is 28.1. The van der Waals surface area contributed by atoms with Crippen LogP contribution < -0.4 is 0 Å². The molecule has 564 valence electrons. The van der Waals surface area contributed by atoms with Crippen LogP contribution in [0.3, 0.4) is 0 Å². The Morgan fingerprint density at radius 2 is 0.541 bits per heavy atom. The highest BCUT2D eigenvalue weighted by atomic mass is 31.2. The van der Waals surface area contributed by atoms with Gasteiger partial charge in [-0.05, 0) is 141 Å². The van der Waals surface area contributed by atoms with Gasteiger partial charge in [0.25, 0.3) is 0 Å². The molecule has 5 unspecified atom stereocenters. The molecule has 0 heterocycles. The van der Waals surface area contributed by atoms with Crippen LogP contribution in [0.1, 0.15) is 310 Å². The average Bonchev–Trinajstić information content (AvgIpc) is 0.985. The van der Waals surface area contributed by atoms with Gasteiger partial charge in [0.2, 0.25) is 0 Å². The van der Waals surface area contributed by atoms with Crippen LogP contribution >= 0.6 is 15.6 Å². The summed E-state index contributed by atoms with van der Waals surface area (Å²) in [5.41, 5.74) is 0. The number of aliphatic hydroxyl groups excluding tert-OH is 1. The maximum atomic E-state index is 13.1. The topological polar surface area (TPSA) is 237 Å². The molecule has 0 fully saturated rings. The Balaban J connectivity index is 5.37. The number of carbonyl (C=O) groups is 4. The summed E-state index contributed by atoms with van der Waals surface area (Å²) in [5, 5.41) is 10.6. The first-order chi connectivity index (χ1) is 47.7. The van der Waals surface area contributed by atoms with Crippen molar-refractivity contribution in [1.29, 1.82) is 0 Å². The fourth-order valence-corrected chi connectivity index (χ4v) is 11.5. The van der Waals surface area contributed by atoms with Gasteiger partial charge in [0.15, 0.2) is 12.2 Å². The van der Waals surface area contributed by atoms with Gasteiger partial charge in [0, 0.05) is 25.7 Å². The first-order valence-corrected chi connectivity index (χ1v) is 41.1. The van der Waals surface area contributed by atoms with Crippen molar-refractivity contribution in [3.05, 3.63) is 109 Å². The summed E-state index contributed by atoms with van der Waals surface area (Å²) in [5.74, 6) is -2.25. The SMILES string of the molecule is CC/C=C\C/C=C\C/C=C\C/C=C\CCCCC(=O)OCC(COP(=O)(O)OCC(O)COP(=O)(O)OCC(COC(=O)CCCCCCCCC/C=C\C/C=C\C/C=C\CC)OC(=O)CCCCCCC/C=C\CCCCCCCC)OC(=O)CCCCCCC/C=C\CCCC. The highest BCUT2D eigenvalue weighted by molar-refractivity contribution is 7.47. The maximum Gasteiger partial charge on any atom is 0.472 e. The van der Waals surface area contributed by atoms with Crippen molar-refractivity contribution in [2.24, 2.45) is 0 Å². The standard InChI is InChI=1S/C79H136O17P2/c1-5-9-13-17-21-25-29-32-35-36-39-41-45-48-52-56-60-64-77(82)90-70-75(96-79(84)66-62-58-54-50-46-42-38-34-31-27-23-19-15-11-7-3)72-94-98(87,88)92-68-73(80)67-91-97(85,86)93-71-74(95-78(83)65-61-57-53-49-43-28-24-20-16-12-8-4)69-89-76(81)63-59-55-51-47-44-40-37-33-30-26-22-18-14-10-6-2/h9-10,13-14,20-22,24-26,32-35,37-38,44,47,73-75,80H,5-8,11-12,15-19,23,27-31,36,39-43,45-46,48-72H2,1-4H3,(H,85,86)(H,87,88)/b13-9-,14-10-,24-20-,25-21-,26-22-,35-32-,37-33-,38-34-,47-44-. The molecule has 0 spiro atoms. The van der Waals surface area contributed by atoms with E-state index in [4.69, 9.17) is 37.0 Å². The van der Waals surface area contributed by atoms with E-state index in [2.05, 4.69) is 137 Å². The third-order valence-electron chi connectivity index (χ3n) is 15.7. The first-order valence-electron chi connectivity index (χ1n) is 38.1. The molecule has 17 nitrogen and oxygen atoms in total. The van der Waals surface area contributed by atoms with Crippen molar-refractivity contribution in [2.45, 2.75) is 329 Å². The zero-order valence-corrected chi connectivity index (χ0v) is 63.2. The lowest BCUT2D eigenvalue weighted by Gasteiger charge is -2.21. The Morgan fingerprint density at radius 1 is 0.296 bits per heavy atom. The lowest BCUT2D eigenvalue weighted by Crippen LogP contribution is -2.30. The monoisotopic (exact) mass is 1420 g/mol. The molecule has 0 aromatic rings. The molecule has 0 radical (unpaired) electrons. The minimum atomic E-state index is -4.98. The van der Waals surface area contributed by atoms with Gasteiger partial charge in [-0.1, -0.05) is 253 Å². The number of ether oxygens (including phenoxy) is 4. The van der Waals surface area contributed by atoms with Crippen LogP contribution in [-0.2, 0) is 65.4 Å². The van der Waals surface area contributed by atoms with Crippen LogP contribution in [0.5, 0.6) is 0 Å². The number of aliphatic hydroxyl groups is 1. The van der Waals surface area contributed by atoms with Gasteiger partial charge in [0.1, 0.15) is 19.3 Å². The van der Waals surface area contributed by atoms with Crippen LogP contribution in [0.2, 0.25) is 0 Å². The summed E-state index contributed by atoms with van der Waals surface area (Å²) >= 11 is 0. The van der Waals surface area contributed by atoms with Crippen LogP contribution in [0.15, 0.2) is 109 Å². The Hall–Kier alpha value is -4.28. The van der Waals surface area contributed by atoms with Crippen molar-refractivity contribution < 1.29 is 80.2 Å². The highest BCUT2D eigenvalue weighted by Gasteiger charge is 2.30. The summed E-state index contributed by atoms with van der Waals surface area (Å²) in [6, 6.07) is 0. The van der Waals surface area contributed by atoms with Crippen molar-refractivity contribution in [1.82, 2.24) is 0 Å². The molecule has 0 rings (SSSR count). The quantitative estimate of drug-likeness (QED) is 0.0169. The lowest BCUT2D eigenvalue weighted by atomic mass is 10.1. The summed E-state index contributed by atoms with van der Waals surface area (Å²) in [4.78, 5) is 72.8. The summed E-state index contributed by atoms with van der Waals surface area (Å²) in [7, 11) is -9.96. The van der Waals surface area contributed by atoms with Crippen LogP contribution in [-0.4, -0.2) is 96.7 Å². The molecule has 0 saturated heterocycles. The van der Waals surface area contributed by atoms with E-state index >= 15 is 0 Å². The second kappa shape index (κ2) is 71.1. The van der Waals surface area contributed by atoms with Gasteiger partial charge in [0.05, 0.1) is 26.4 Å². The summed E-state index contributed by atoms with van der Waals surface area (Å²) < 4.78 is 68.4. The van der Waals surface area contributed by atoms with E-state index in [1.807, 2.05) is 0 Å². The molecule has 0 aliphatic carbocycles. The van der Waals surface area contributed by atoms with E-state index in [1.165, 1.54) is 51.4 Å². The van der Waals surface area contributed by atoms with E-state index in [-0.39, 0.29) is 25.7 Å². The number of carbonyl (C=O) groups excluding carboxylic acids is 4. The molecular weight excluding hydrogens is 1280 g/mol. The third-order valence-corrected chi connectivity index (χ3v) is 17.6. The number of phosphoric ester groups is 2. The van der Waals surface area contributed by atoms with Crippen molar-refractivity contribution in [3.63, 3.8) is 0 Å². The van der Waals surface area contributed by atoms with Crippen molar-refractivity contribution in [2.75, 3.05) is 39.6 Å². The predicted molar refractivity (Wildman–Crippen MR) is 399 cm³/mol. The molecule has 98 heavy (non-hydrogen) atoms. The van der Waals surface area contributed by atoms with Crippen LogP contribution in [0.4, 0.5) is 0 Å². The van der Waals surface area contributed by atoms with E-state index in [0.717, 1.165) is 180 Å². The molecule has 0 amide bonds. The largest absolute Gasteiger partial charge is 0.472 e. The Bertz CT molecular complexity index is 2290. The maximum absolute atomic E-state index is 13.1. The second-order valence-electron chi connectivity index (χ2n) is 25.2. The Morgan fingerprint density at radius 3 is 0.878 bits per heavy atom. The number of phosphoric acid groups is 2. The minimum absolute atomic E-state index is 0.0741. The molecule has 0 aliphatic heterocycles. The molecule has 0 saturated carbocycles. The fraction of sp³-hybridized carbons (Fsp3) is 0.722. The first kappa shape index (κ1) is 93.7. The van der Waals surface area contributed by atoms with Crippen LogP contribution in [0, 0.1) is 0 Å². The van der Waals surface area contributed by atoms with Gasteiger partial charge in [-0.15, -0.1) is 0 Å². The van der Waals surface area contributed by atoms with Gasteiger partial charge in [-0.3, -0.25) is 37.3 Å². The third kappa shape index (κ3) is 70.2. The van der Waals surface area contributed by atoms with E-state index in [9.17, 15) is 43.2 Å². The number of allylic oxidation sites excluding steroid dienone is 18. The smallest absolute Gasteiger partial charge is 0.462 e. The molecule has 0 aromatic heterocycles. The van der Waals surface area contributed by atoms with E-state index < -0.39 is 97.5 Å². The molecule has 0 aliphatic rings. The normalized spacial score (nSPS) is 14.6. The van der Waals surface area contributed by atoms with Crippen molar-refractivity contribution >= 4 is 39.5 Å². The number of hydrogen-bond donors (Lipinski definition) is 3. The van der Waals surface area contributed by atoms with E-state index in [1.54, 1.807) is 0 Å². The van der Waals surface area contributed by atoms with Gasteiger partial charge in [-0.25, -0.2) is 9.13 Å². The number of hydrogen-bond acceptors (Lipinski definition) is 15. The fourth-order valence-electron chi connectivity index (χ4n) is 9.91. The zero-order valence-electron chi connectivity index (χ0n) is 61.4. The molecule has 3 N–H and O–H groups in total. The molecule has 0 aromatic carbocycles. The van der Waals surface area contributed by atoms with E-state index in [0.29, 0.717) is 25.7 Å². The van der Waals surface area contributed by atoms with Gasteiger partial charge < -0.3 is 33.8 Å². The number of rotatable bonds is 71. The Kier molecular flexibility index (Phi) is 68.0. The summed E-state index contributed by atoms with van der Waals surface area (Å²) in [6.07, 6.45) is 75.2. The molecule has 19 heteroatoms. The zero-order chi connectivity index (χ0) is 71.8. The van der Waals surface area contributed by atoms with Crippen molar-refractivity contribution in [3.8, 4) is 0 Å². The Labute approximate surface area is 594 Å². The summed E-state index contributed by atoms with van der Waals surface area (Å²) in [6.45, 7) is 4.54. The molecule has 5 atom stereocenters.